The fraction of sp³-hybridized carbons (Fsp3) is 0.600. The fourth-order valence-electron chi connectivity index (χ4n) is 3.32. The van der Waals surface area contributed by atoms with Crippen LogP contribution in [0.2, 0.25) is 0 Å². The summed E-state index contributed by atoms with van der Waals surface area (Å²) in [4.78, 5) is 0. The molecule has 0 aliphatic heterocycles. The Morgan fingerprint density at radius 2 is 1.90 bits per heavy atom. The molecule has 118 valence electrons. The van der Waals surface area contributed by atoms with Gasteiger partial charge in [0.1, 0.15) is 0 Å². The van der Waals surface area contributed by atoms with Gasteiger partial charge in [-0.2, -0.15) is 0 Å². The third kappa shape index (κ3) is 6.05. The molecule has 0 bridgehead atoms. The molecular weight excluding hydrogens is 256 g/mol. The SMILES string of the molecule is CC(=C/CO)/C=C/C=C(C)/C=C/C1C(C)CCCC1(C)C. The van der Waals surface area contributed by atoms with Crippen LogP contribution in [0.5, 0.6) is 0 Å². The van der Waals surface area contributed by atoms with Crippen LogP contribution in [0.4, 0.5) is 0 Å². The molecular formula is C20H32O. The highest BCUT2D eigenvalue weighted by Crippen LogP contribution is 2.44. The van der Waals surface area contributed by atoms with Gasteiger partial charge in [-0.3, -0.25) is 0 Å². The van der Waals surface area contributed by atoms with E-state index < -0.39 is 0 Å². The van der Waals surface area contributed by atoms with Gasteiger partial charge >= 0.3 is 0 Å². The molecule has 1 fully saturated rings. The van der Waals surface area contributed by atoms with Gasteiger partial charge in [-0.15, -0.1) is 0 Å². The van der Waals surface area contributed by atoms with Crippen LogP contribution in [0.25, 0.3) is 0 Å². The van der Waals surface area contributed by atoms with Crippen LogP contribution in [0.3, 0.4) is 0 Å². The predicted octanol–water partition coefficient (Wildman–Crippen LogP) is 5.45. The molecule has 0 aromatic rings. The van der Waals surface area contributed by atoms with Crippen LogP contribution in [-0.2, 0) is 0 Å². The van der Waals surface area contributed by atoms with Gasteiger partial charge in [-0.25, -0.2) is 0 Å². The second-order valence-corrected chi connectivity index (χ2v) is 7.14. The zero-order valence-electron chi connectivity index (χ0n) is 14.4. The predicted molar refractivity (Wildman–Crippen MR) is 93.2 cm³/mol. The summed E-state index contributed by atoms with van der Waals surface area (Å²) >= 11 is 0. The van der Waals surface area contributed by atoms with Gasteiger partial charge in [0.15, 0.2) is 0 Å². The van der Waals surface area contributed by atoms with Gasteiger partial charge in [0.25, 0.3) is 0 Å². The molecule has 1 aliphatic carbocycles. The summed E-state index contributed by atoms with van der Waals surface area (Å²) in [5, 5.41) is 8.81. The number of hydrogen-bond donors (Lipinski definition) is 1. The van der Waals surface area contributed by atoms with Gasteiger partial charge < -0.3 is 5.11 Å². The van der Waals surface area contributed by atoms with Crippen LogP contribution in [-0.4, -0.2) is 11.7 Å². The molecule has 0 aromatic carbocycles. The average Bonchev–Trinajstić information content (AvgIpc) is 2.37. The quantitative estimate of drug-likeness (QED) is 0.667. The molecule has 1 saturated carbocycles. The van der Waals surface area contributed by atoms with Crippen molar-refractivity contribution in [1.29, 1.82) is 0 Å². The van der Waals surface area contributed by atoms with Crippen LogP contribution in [0, 0.1) is 17.3 Å². The monoisotopic (exact) mass is 288 g/mol. The second kappa shape index (κ2) is 8.38. The Morgan fingerprint density at radius 1 is 1.19 bits per heavy atom. The third-order valence-corrected chi connectivity index (χ3v) is 4.69. The van der Waals surface area contributed by atoms with E-state index in [0.29, 0.717) is 11.3 Å². The van der Waals surface area contributed by atoms with Crippen molar-refractivity contribution in [2.24, 2.45) is 17.3 Å². The van der Waals surface area contributed by atoms with E-state index in [1.807, 2.05) is 19.1 Å². The summed E-state index contributed by atoms with van der Waals surface area (Å²) in [6, 6.07) is 0. The number of hydrogen-bond acceptors (Lipinski definition) is 1. The summed E-state index contributed by atoms with van der Waals surface area (Å²) < 4.78 is 0. The lowest BCUT2D eigenvalue weighted by molar-refractivity contribution is 0.123. The highest BCUT2D eigenvalue weighted by atomic mass is 16.2. The Kier molecular flexibility index (Phi) is 7.17. The smallest absolute Gasteiger partial charge is 0.0617 e. The number of aliphatic hydroxyl groups is 1. The third-order valence-electron chi connectivity index (χ3n) is 4.69. The first-order valence-corrected chi connectivity index (χ1v) is 8.17. The van der Waals surface area contributed by atoms with Crippen LogP contribution >= 0.6 is 0 Å². The maximum atomic E-state index is 8.81. The van der Waals surface area contributed by atoms with Crippen molar-refractivity contribution < 1.29 is 5.11 Å². The van der Waals surface area contributed by atoms with E-state index in [0.717, 1.165) is 11.5 Å². The van der Waals surface area contributed by atoms with Crippen LogP contribution in [0.1, 0.15) is 53.9 Å². The van der Waals surface area contributed by atoms with E-state index in [1.165, 1.54) is 24.8 Å². The van der Waals surface area contributed by atoms with E-state index in [2.05, 4.69) is 52.0 Å². The van der Waals surface area contributed by atoms with Gasteiger partial charge in [0, 0.05) is 0 Å². The first-order chi connectivity index (χ1) is 9.86. The maximum Gasteiger partial charge on any atom is 0.0617 e. The Labute approximate surface area is 131 Å². The highest BCUT2D eigenvalue weighted by molar-refractivity contribution is 5.27. The molecule has 0 spiro atoms. The largest absolute Gasteiger partial charge is 0.392 e. The van der Waals surface area contributed by atoms with Crippen molar-refractivity contribution in [2.45, 2.75) is 53.9 Å². The van der Waals surface area contributed by atoms with Crippen LogP contribution in [0.15, 0.2) is 47.6 Å². The van der Waals surface area contributed by atoms with Gasteiger partial charge in [-0.1, -0.05) is 81.2 Å². The van der Waals surface area contributed by atoms with E-state index in [9.17, 15) is 0 Å². The summed E-state index contributed by atoms with van der Waals surface area (Å²) in [7, 11) is 0. The molecule has 1 N–H and O–H groups in total. The average molecular weight is 288 g/mol. The molecule has 0 heterocycles. The minimum atomic E-state index is 0.105. The Balaban J connectivity index is 2.68. The molecule has 21 heavy (non-hydrogen) atoms. The van der Waals surface area contributed by atoms with Crippen molar-refractivity contribution in [1.82, 2.24) is 0 Å². The first-order valence-electron chi connectivity index (χ1n) is 8.17. The lowest BCUT2D eigenvalue weighted by Crippen LogP contribution is -2.32. The topological polar surface area (TPSA) is 20.2 Å². The number of aliphatic hydroxyl groups excluding tert-OH is 1. The van der Waals surface area contributed by atoms with Gasteiger partial charge in [0.05, 0.1) is 6.61 Å². The molecule has 1 aliphatic rings. The fourth-order valence-corrected chi connectivity index (χ4v) is 3.32. The molecule has 0 aromatic heterocycles. The molecule has 0 saturated heterocycles. The van der Waals surface area contributed by atoms with E-state index in [1.54, 1.807) is 0 Å². The summed E-state index contributed by atoms with van der Waals surface area (Å²) in [5.41, 5.74) is 2.79. The maximum absolute atomic E-state index is 8.81. The number of allylic oxidation sites excluding steroid dienone is 7. The highest BCUT2D eigenvalue weighted by Gasteiger charge is 2.34. The van der Waals surface area contributed by atoms with E-state index in [-0.39, 0.29) is 6.61 Å². The van der Waals surface area contributed by atoms with Crippen molar-refractivity contribution in [3.05, 3.63) is 47.6 Å². The van der Waals surface area contributed by atoms with Crippen molar-refractivity contribution in [2.75, 3.05) is 6.61 Å². The van der Waals surface area contributed by atoms with Crippen molar-refractivity contribution in [3.63, 3.8) is 0 Å². The zero-order valence-corrected chi connectivity index (χ0v) is 14.4. The standard InChI is InChI=1S/C20H32O/c1-16(8-6-9-17(2)13-15-21)11-12-19-18(3)10-7-14-20(19,4)5/h6,8-9,11-13,18-19,21H,7,10,14-15H2,1-5H3/b9-6+,12-11+,16-8+,17-13-. The van der Waals surface area contributed by atoms with Crippen molar-refractivity contribution in [3.8, 4) is 0 Å². The zero-order chi connectivity index (χ0) is 15.9. The summed E-state index contributed by atoms with van der Waals surface area (Å²) in [6.45, 7) is 11.4. The summed E-state index contributed by atoms with van der Waals surface area (Å²) in [6.07, 6.45) is 16.8. The Bertz CT molecular complexity index is 435. The van der Waals surface area contributed by atoms with Crippen LogP contribution < -0.4 is 0 Å². The normalized spacial score (nSPS) is 27.7. The lowest BCUT2D eigenvalue weighted by Gasteiger charge is -2.41. The van der Waals surface area contributed by atoms with E-state index in [4.69, 9.17) is 5.11 Å². The van der Waals surface area contributed by atoms with Gasteiger partial charge in [0.2, 0.25) is 0 Å². The Morgan fingerprint density at radius 3 is 2.52 bits per heavy atom. The molecule has 1 nitrogen and oxygen atoms in total. The molecule has 0 amide bonds. The molecule has 2 atom stereocenters. The van der Waals surface area contributed by atoms with E-state index >= 15 is 0 Å². The van der Waals surface area contributed by atoms with Gasteiger partial charge in [-0.05, 0) is 37.5 Å². The molecule has 2 unspecified atom stereocenters. The minimum absolute atomic E-state index is 0.105. The molecule has 1 rings (SSSR count). The first kappa shape index (κ1) is 18.0. The van der Waals surface area contributed by atoms with Crippen molar-refractivity contribution >= 4 is 0 Å². The molecule has 1 heteroatoms. The minimum Gasteiger partial charge on any atom is -0.392 e. The molecule has 0 radical (unpaired) electrons. The second-order valence-electron chi connectivity index (χ2n) is 7.14. The number of rotatable bonds is 5. The Hall–Kier alpha value is -1.08. The lowest BCUT2D eigenvalue weighted by atomic mass is 9.64. The summed E-state index contributed by atoms with van der Waals surface area (Å²) in [5.74, 6) is 1.46.